The molecule has 4 atom stereocenters. The average Bonchev–Trinajstić information content (AvgIpc) is 2.80. The molecule has 0 bridgehead atoms. The SMILES string of the molecule is CC(C)C(N)C(=O)NC(Cc1ccc(O)cc1)C(=O)NC(CC(N)=O)C(=O)NC(CCC(=O)O)C(=O)O. The molecule has 1 rings (SSSR count). The van der Waals surface area contributed by atoms with E-state index in [-0.39, 0.29) is 18.1 Å². The smallest absolute Gasteiger partial charge is 0.326 e. The van der Waals surface area contributed by atoms with Gasteiger partial charge in [0.25, 0.3) is 0 Å². The molecule has 0 spiro atoms. The Balaban J connectivity index is 3.14. The lowest BCUT2D eigenvalue weighted by molar-refractivity contribution is -0.143. The van der Waals surface area contributed by atoms with Crippen molar-refractivity contribution >= 4 is 35.6 Å². The summed E-state index contributed by atoms with van der Waals surface area (Å²) in [5.41, 5.74) is 11.6. The van der Waals surface area contributed by atoms with Gasteiger partial charge in [0.05, 0.1) is 12.5 Å². The fourth-order valence-electron chi connectivity index (χ4n) is 3.13. The number of benzene rings is 1. The molecule has 0 saturated carbocycles. The van der Waals surface area contributed by atoms with Crippen molar-refractivity contribution in [3.8, 4) is 5.75 Å². The summed E-state index contributed by atoms with van der Waals surface area (Å²) in [7, 11) is 0. The second kappa shape index (κ2) is 14.4. The minimum absolute atomic E-state index is 0.0234. The Labute approximate surface area is 212 Å². The molecule has 204 valence electrons. The minimum Gasteiger partial charge on any atom is -0.508 e. The van der Waals surface area contributed by atoms with Crippen LogP contribution in [0, 0.1) is 5.92 Å². The summed E-state index contributed by atoms with van der Waals surface area (Å²) in [6.07, 6.45) is -1.78. The largest absolute Gasteiger partial charge is 0.508 e. The first-order valence-electron chi connectivity index (χ1n) is 11.4. The van der Waals surface area contributed by atoms with Gasteiger partial charge in [0.2, 0.25) is 23.6 Å². The zero-order chi connectivity index (χ0) is 28.3. The van der Waals surface area contributed by atoms with Crippen LogP contribution in [0.25, 0.3) is 0 Å². The predicted molar refractivity (Wildman–Crippen MR) is 129 cm³/mol. The van der Waals surface area contributed by atoms with Crippen LogP contribution in [-0.4, -0.2) is 75.1 Å². The van der Waals surface area contributed by atoms with E-state index in [1.807, 2.05) is 0 Å². The first kappa shape index (κ1) is 30.8. The Hall–Kier alpha value is -4.20. The van der Waals surface area contributed by atoms with E-state index in [4.69, 9.17) is 16.6 Å². The number of aliphatic carboxylic acids is 2. The number of hydrogen-bond acceptors (Lipinski definition) is 8. The maximum Gasteiger partial charge on any atom is 0.326 e. The van der Waals surface area contributed by atoms with Crippen LogP contribution in [-0.2, 0) is 35.2 Å². The number of hydrogen-bond donors (Lipinski definition) is 8. The molecule has 0 heterocycles. The molecule has 0 aliphatic heterocycles. The Kier molecular flexibility index (Phi) is 12.0. The van der Waals surface area contributed by atoms with Crippen LogP contribution in [0.4, 0.5) is 0 Å². The number of amides is 4. The highest BCUT2D eigenvalue weighted by atomic mass is 16.4. The topological polar surface area (TPSA) is 251 Å². The number of nitrogens with one attached hydrogen (secondary N) is 3. The third kappa shape index (κ3) is 10.9. The maximum absolute atomic E-state index is 13.1. The van der Waals surface area contributed by atoms with Crippen molar-refractivity contribution < 1.29 is 44.1 Å². The van der Waals surface area contributed by atoms with Crippen LogP contribution in [0.15, 0.2) is 24.3 Å². The van der Waals surface area contributed by atoms with Crippen molar-refractivity contribution in [3.05, 3.63) is 29.8 Å². The maximum atomic E-state index is 13.1. The molecule has 14 nitrogen and oxygen atoms in total. The van der Waals surface area contributed by atoms with Crippen LogP contribution < -0.4 is 27.4 Å². The Morgan fingerprint density at radius 2 is 1.35 bits per heavy atom. The summed E-state index contributed by atoms with van der Waals surface area (Å²) >= 11 is 0. The first-order chi connectivity index (χ1) is 17.2. The molecule has 4 unspecified atom stereocenters. The molecular formula is C23H33N5O9. The molecular weight excluding hydrogens is 490 g/mol. The summed E-state index contributed by atoms with van der Waals surface area (Å²) in [5, 5.41) is 34.5. The molecule has 0 radical (unpaired) electrons. The van der Waals surface area contributed by atoms with E-state index >= 15 is 0 Å². The summed E-state index contributed by atoms with van der Waals surface area (Å²) < 4.78 is 0. The molecule has 0 aromatic heterocycles. The third-order valence-corrected chi connectivity index (χ3v) is 5.33. The minimum atomic E-state index is -1.62. The highest BCUT2D eigenvalue weighted by Crippen LogP contribution is 2.12. The molecule has 0 saturated heterocycles. The number of rotatable bonds is 15. The zero-order valence-electron chi connectivity index (χ0n) is 20.5. The monoisotopic (exact) mass is 523 g/mol. The van der Waals surface area contributed by atoms with Gasteiger partial charge in [0.15, 0.2) is 0 Å². The highest BCUT2D eigenvalue weighted by molar-refractivity contribution is 5.96. The standard InChI is InChI=1S/C23H33N5O9/c1-11(2)19(25)22(35)28-15(9-12-3-5-13(29)6-4-12)20(33)27-16(10-17(24)30)21(34)26-14(23(36)37)7-8-18(31)32/h3-6,11,14-16,19,29H,7-10,25H2,1-2H3,(H2,24,30)(H,26,34)(H,27,33)(H,28,35)(H,31,32)(H,36,37). The quantitative estimate of drug-likeness (QED) is 0.128. The van der Waals surface area contributed by atoms with Crippen molar-refractivity contribution in [1.82, 2.24) is 16.0 Å². The van der Waals surface area contributed by atoms with Crippen LogP contribution in [0.1, 0.15) is 38.7 Å². The van der Waals surface area contributed by atoms with E-state index in [1.165, 1.54) is 24.3 Å². The van der Waals surface area contributed by atoms with Gasteiger partial charge in [-0.1, -0.05) is 26.0 Å². The Morgan fingerprint density at radius 1 is 0.838 bits per heavy atom. The van der Waals surface area contributed by atoms with E-state index < -0.39 is 79.0 Å². The molecule has 0 aliphatic rings. The number of primary amides is 1. The predicted octanol–water partition coefficient (Wildman–Crippen LogP) is -1.80. The van der Waals surface area contributed by atoms with Crippen LogP contribution in [0.5, 0.6) is 5.75 Å². The van der Waals surface area contributed by atoms with E-state index in [2.05, 4.69) is 16.0 Å². The normalized spacial score (nSPS) is 14.1. The molecule has 10 N–H and O–H groups in total. The van der Waals surface area contributed by atoms with E-state index in [0.29, 0.717) is 5.56 Å². The van der Waals surface area contributed by atoms with Gasteiger partial charge in [-0.25, -0.2) is 4.79 Å². The summed E-state index contributed by atoms with van der Waals surface area (Å²) in [5.74, 6) is -6.69. The van der Waals surface area contributed by atoms with Crippen LogP contribution in [0.2, 0.25) is 0 Å². The van der Waals surface area contributed by atoms with E-state index in [1.54, 1.807) is 13.8 Å². The molecule has 4 amide bonds. The zero-order valence-corrected chi connectivity index (χ0v) is 20.5. The lowest BCUT2D eigenvalue weighted by atomic mass is 10.0. The lowest BCUT2D eigenvalue weighted by Crippen LogP contribution is -2.58. The van der Waals surface area contributed by atoms with Gasteiger partial charge >= 0.3 is 11.9 Å². The molecule has 1 aromatic rings. The van der Waals surface area contributed by atoms with Crippen LogP contribution in [0.3, 0.4) is 0 Å². The molecule has 0 fully saturated rings. The summed E-state index contributed by atoms with van der Waals surface area (Å²) in [4.78, 5) is 72.2. The van der Waals surface area contributed by atoms with E-state index in [0.717, 1.165) is 0 Å². The van der Waals surface area contributed by atoms with Gasteiger partial charge in [0, 0.05) is 12.8 Å². The molecule has 14 heteroatoms. The number of phenols is 1. The fourth-order valence-corrected chi connectivity index (χ4v) is 3.13. The van der Waals surface area contributed by atoms with Crippen LogP contribution >= 0.6 is 0 Å². The summed E-state index contributed by atoms with van der Waals surface area (Å²) in [6.45, 7) is 3.41. The number of phenolic OH excluding ortho intramolecular Hbond substituents is 1. The molecule has 1 aromatic carbocycles. The number of carbonyl (C=O) groups excluding carboxylic acids is 4. The number of carbonyl (C=O) groups is 6. The first-order valence-corrected chi connectivity index (χ1v) is 11.4. The van der Waals surface area contributed by atoms with Gasteiger partial charge in [-0.15, -0.1) is 0 Å². The highest BCUT2D eigenvalue weighted by Gasteiger charge is 2.32. The third-order valence-electron chi connectivity index (χ3n) is 5.33. The number of nitrogens with two attached hydrogens (primary N) is 2. The van der Waals surface area contributed by atoms with Crippen molar-refractivity contribution in [2.45, 2.75) is 63.7 Å². The summed E-state index contributed by atoms with van der Waals surface area (Å²) in [6, 6.07) is 0.325. The van der Waals surface area contributed by atoms with Crippen molar-refractivity contribution in [2.24, 2.45) is 17.4 Å². The second-order valence-electron chi connectivity index (χ2n) is 8.76. The van der Waals surface area contributed by atoms with Gasteiger partial charge < -0.3 is 42.7 Å². The van der Waals surface area contributed by atoms with Crippen molar-refractivity contribution in [2.75, 3.05) is 0 Å². The fraction of sp³-hybridized carbons (Fsp3) is 0.478. The lowest BCUT2D eigenvalue weighted by Gasteiger charge is -2.25. The van der Waals surface area contributed by atoms with Crippen molar-refractivity contribution in [1.29, 1.82) is 0 Å². The molecule has 37 heavy (non-hydrogen) atoms. The van der Waals surface area contributed by atoms with Gasteiger partial charge in [-0.3, -0.25) is 24.0 Å². The number of aromatic hydroxyl groups is 1. The van der Waals surface area contributed by atoms with Gasteiger partial charge in [-0.2, -0.15) is 0 Å². The average molecular weight is 524 g/mol. The second-order valence-corrected chi connectivity index (χ2v) is 8.76. The number of carboxylic acids is 2. The Morgan fingerprint density at radius 3 is 1.84 bits per heavy atom. The van der Waals surface area contributed by atoms with Gasteiger partial charge in [0.1, 0.15) is 23.9 Å². The number of carboxylic acid groups (broad SMARTS) is 2. The molecule has 0 aliphatic carbocycles. The van der Waals surface area contributed by atoms with E-state index in [9.17, 15) is 39.0 Å². The van der Waals surface area contributed by atoms with Gasteiger partial charge in [-0.05, 0) is 30.0 Å². The Bertz CT molecular complexity index is 997. The van der Waals surface area contributed by atoms with Crippen molar-refractivity contribution in [3.63, 3.8) is 0 Å².